The van der Waals surface area contributed by atoms with Crippen molar-refractivity contribution in [3.63, 3.8) is 0 Å². The summed E-state index contributed by atoms with van der Waals surface area (Å²) in [7, 11) is -3.30. The summed E-state index contributed by atoms with van der Waals surface area (Å²) >= 11 is 0. The second-order valence-corrected chi connectivity index (χ2v) is 9.67. The Labute approximate surface area is 158 Å². The minimum atomic E-state index is -3.30. The number of anilines is 1. The van der Waals surface area contributed by atoms with Gasteiger partial charge in [0.1, 0.15) is 0 Å². The molecule has 0 aromatic heterocycles. The molecule has 26 heavy (non-hydrogen) atoms. The summed E-state index contributed by atoms with van der Waals surface area (Å²) in [6.45, 7) is 7.06. The van der Waals surface area contributed by atoms with Gasteiger partial charge < -0.3 is 5.32 Å². The number of amides is 1. The Kier molecular flexibility index (Phi) is 7.09. The van der Waals surface area contributed by atoms with Crippen molar-refractivity contribution >= 4 is 21.6 Å². The van der Waals surface area contributed by atoms with E-state index in [4.69, 9.17) is 0 Å². The molecule has 0 aliphatic carbocycles. The Morgan fingerprint density at radius 3 is 2.58 bits per heavy atom. The average molecular weight is 381 g/mol. The van der Waals surface area contributed by atoms with Gasteiger partial charge in [-0.3, -0.25) is 9.10 Å². The molecule has 2 rings (SSSR count). The molecule has 0 saturated heterocycles. The van der Waals surface area contributed by atoms with Crippen molar-refractivity contribution in [2.24, 2.45) is 5.92 Å². The fraction of sp³-hybridized carbons (Fsp3) is 0.650. The number of carbonyl (C=O) groups excluding carboxylic acids is 1. The maximum atomic E-state index is 12.3. The lowest BCUT2D eigenvalue weighted by Gasteiger charge is -2.21. The molecule has 1 atom stereocenters. The molecule has 0 saturated carbocycles. The van der Waals surface area contributed by atoms with Gasteiger partial charge in [0.25, 0.3) is 5.91 Å². The van der Waals surface area contributed by atoms with E-state index in [0.717, 1.165) is 24.3 Å². The van der Waals surface area contributed by atoms with Crippen LogP contribution in [0.3, 0.4) is 0 Å². The highest BCUT2D eigenvalue weighted by molar-refractivity contribution is 7.92. The number of rotatable bonds is 9. The van der Waals surface area contributed by atoms with Crippen molar-refractivity contribution in [1.29, 1.82) is 0 Å². The number of benzene rings is 1. The van der Waals surface area contributed by atoms with Crippen molar-refractivity contribution in [2.75, 3.05) is 17.1 Å². The molecule has 5 nitrogen and oxygen atoms in total. The first-order valence-corrected chi connectivity index (χ1v) is 11.5. The molecular formula is C20H32N2O3S. The Morgan fingerprint density at radius 1 is 1.23 bits per heavy atom. The monoisotopic (exact) mass is 380 g/mol. The van der Waals surface area contributed by atoms with E-state index < -0.39 is 10.0 Å². The summed E-state index contributed by atoms with van der Waals surface area (Å²) in [6.07, 6.45) is 7.73. The van der Waals surface area contributed by atoms with Crippen LogP contribution in [0.5, 0.6) is 0 Å². The highest BCUT2D eigenvalue weighted by Gasteiger charge is 2.32. The fourth-order valence-corrected chi connectivity index (χ4v) is 4.85. The standard InChI is InChI=1S/C20H32N2O3S/c1-15(2)9-7-5-6-8-12-21-20(23)17-10-11-19-18(14-17)13-16(3)22(19)26(4,24)25/h10-11,14-16H,5-9,12-13H2,1-4H3,(H,21,23). The van der Waals surface area contributed by atoms with Crippen molar-refractivity contribution in [2.45, 2.75) is 65.3 Å². The molecule has 0 radical (unpaired) electrons. The van der Waals surface area contributed by atoms with Gasteiger partial charge in [0.05, 0.1) is 11.9 Å². The lowest BCUT2D eigenvalue weighted by atomic mass is 10.0. The van der Waals surface area contributed by atoms with Gasteiger partial charge in [-0.25, -0.2) is 8.42 Å². The van der Waals surface area contributed by atoms with Gasteiger partial charge in [-0.2, -0.15) is 0 Å². The van der Waals surface area contributed by atoms with Gasteiger partial charge in [-0.1, -0.05) is 39.5 Å². The Bertz CT molecular complexity index is 729. The molecule has 1 aromatic carbocycles. The van der Waals surface area contributed by atoms with Gasteiger partial charge in [-0.15, -0.1) is 0 Å². The number of hydrogen-bond donors (Lipinski definition) is 1. The van der Waals surface area contributed by atoms with Crippen LogP contribution in [-0.4, -0.2) is 33.2 Å². The first-order chi connectivity index (χ1) is 12.2. The van der Waals surface area contributed by atoms with E-state index in [1.807, 2.05) is 13.0 Å². The van der Waals surface area contributed by atoms with E-state index in [1.54, 1.807) is 12.1 Å². The molecule has 1 aliphatic rings. The zero-order chi connectivity index (χ0) is 19.3. The van der Waals surface area contributed by atoms with Gasteiger partial charge in [0.2, 0.25) is 10.0 Å². The van der Waals surface area contributed by atoms with Crippen LogP contribution in [0.15, 0.2) is 18.2 Å². The number of hydrogen-bond acceptors (Lipinski definition) is 3. The smallest absolute Gasteiger partial charge is 0.251 e. The quantitative estimate of drug-likeness (QED) is 0.664. The Balaban J connectivity index is 1.85. The zero-order valence-electron chi connectivity index (χ0n) is 16.4. The van der Waals surface area contributed by atoms with Crippen molar-refractivity contribution in [3.8, 4) is 0 Å². The summed E-state index contributed by atoms with van der Waals surface area (Å²) in [5, 5.41) is 2.97. The Hall–Kier alpha value is -1.56. The lowest BCUT2D eigenvalue weighted by molar-refractivity contribution is 0.0953. The van der Waals surface area contributed by atoms with Crippen LogP contribution in [0.2, 0.25) is 0 Å². The number of carbonyl (C=O) groups is 1. The zero-order valence-corrected chi connectivity index (χ0v) is 17.2. The minimum absolute atomic E-state index is 0.0829. The molecule has 1 heterocycles. The van der Waals surface area contributed by atoms with Crippen LogP contribution in [0.1, 0.15) is 68.8 Å². The number of sulfonamides is 1. The van der Waals surface area contributed by atoms with Crippen molar-refractivity contribution in [1.82, 2.24) is 5.32 Å². The molecule has 0 spiro atoms. The third kappa shape index (κ3) is 5.47. The predicted molar refractivity (Wildman–Crippen MR) is 107 cm³/mol. The van der Waals surface area contributed by atoms with Crippen LogP contribution in [0.25, 0.3) is 0 Å². The highest BCUT2D eigenvalue weighted by atomic mass is 32.2. The molecule has 0 bridgehead atoms. The molecule has 1 aliphatic heterocycles. The van der Waals surface area contributed by atoms with Gasteiger partial charge in [0, 0.05) is 18.2 Å². The molecule has 6 heteroatoms. The SMILES string of the molecule is CC(C)CCCCCCNC(=O)c1ccc2c(c1)CC(C)N2S(C)(=O)=O. The molecule has 0 fully saturated rings. The summed E-state index contributed by atoms with van der Waals surface area (Å²) in [5.74, 6) is 0.677. The fourth-order valence-electron chi connectivity index (χ4n) is 3.58. The van der Waals surface area contributed by atoms with Crippen LogP contribution in [0.4, 0.5) is 5.69 Å². The second-order valence-electron chi connectivity index (χ2n) is 7.81. The summed E-state index contributed by atoms with van der Waals surface area (Å²) < 4.78 is 25.4. The van der Waals surface area contributed by atoms with Crippen molar-refractivity contribution in [3.05, 3.63) is 29.3 Å². The van der Waals surface area contributed by atoms with Crippen LogP contribution < -0.4 is 9.62 Å². The molecular weight excluding hydrogens is 348 g/mol. The molecule has 1 unspecified atom stereocenters. The number of nitrogens with zero attached hydrogens (tertiary/aromatic N) is 1. The van der Waals surface area contributed by atoms with Gasteiger partial charge in [0.15, 0.2) is 0 Å². The normalized spacial score (nSPS) is 16.8. The molecule has 1 N–H and O–H groups in total. The Morgan fingerprint density at radius 2 is 1.92 bits per heavy atom. The second kappa shape index (κ2) is 8.89. The molecule has 1 aromatic rings. The summed E-state index contributed by atoms with van der Waals surface area (Å²) in [6, 6.07) is 5.19. The number of fused-ring (bicyclic) bond motifs is 1. The van der Waals surface area contributed by atoms with Crippen molar-refractivity contribution < 1.29 is 13.2 Å². The topological polar surface area (TPSA) is 66.5 Å². The van der Waals surface area contributed by atoms with E-state index in [1.165, 1.54) is 29.8 Å². The number of nitrogens with one attached hydrogen (secondary N) is 1. The summed E-state index contributed by atoms with van der Waals surface area (Å²) in [4.78, 5) is 12.3. The first-order valence-electron chi connectivity index (χ1n) is 9.60. The maximum Gasteiger partial charge on any atom is 0.251 e. The van der Waals surface area contributed by atoms with Crippen LogP contribution in [0, 0.1) is 5.92 Å². The van der Waals surface area contributed by atoms with E-state index in [9.17, 15) is 13.2 Å². The van der Waals surface area contributed by atoms with E-state index in [2.05, 4.69) is 19.2 Å². The van der Waals surface area contributed by atoms with E-state index in [-0.39, 0.29) is 11.9 Å². The minimum Gasteiger partial charge on any atom is -0.352 e. The predicted octanol–water partition coefficient (Wildman–Crippen LogP) is 3.73. The van der Waals surface area contributed by atoms with Gasteiger partial charge >= 0.3 is 0 Å². The van der Waals surface area contributed by atoms with E-state index in [0.29, 0.717) is 24.2 Å². The first kappa shape index (κ1) is 20.7. The third-order valence-corrected chi connectivity index (χ3v) is 6.12. The molecule has 1 amide bonds. The maximum absolute atomic E-state index is 12.3. The highest BCUT2D eigenvalue weighted by Crippen LogP contribution is 2.34. The third-order valence-electron chi connectivity index (χ3n) is 4.85. The lowest BCUT2D eigenvalue weighted by Crippen LogP contribution is -2.34. The molecule has 146 valence electrons. The number of unbranched alkanes of at least 4 members (excludes halogenated alkanes) is 3. The summed E-state index contributed by atoms with van der Waals surface area (Å²) in [5.41, 5.74) is 2.22. The average Bonchev–Trinajstić information content (AvgIpc) is 2.88. The van der Waals surface area contributed by atoms with E-state index >= 15 is 0 Å². The van der Waals surface area contributed by atoms with Crippen LogP contribution in [-0.2, 0) is 16.4 Å². The van der Waals surface area contributed by atoms with Crippen LogP contribution >= 0.6 is 0 Å². The largest absolute Gasteiger partial charge is 0.352 e. The van der Waals surface area contributed by atoms with Gasteiger partial charge in [-0.05, 0) is 49.4 Å².